The van der Waals surface area contributed by atoms with Gasteiger partial charge in [-0.05, 0) is 37.0 Å². The van der Waals surface area contributed by atoms with Crippen LogP contribution in [0.3, 0.4) is 0 Å². The average molecular weight is 329 g/mol. The van der Waals surface area contributed by atoms with Crippen molar-refractivity contribution in [2.75, 3.05) is 17.8 Å². The minimum Gasteiger partial charge on any atom is -0.494 e. The van der Waals surface area contributed by atoms with E-state index in [1.165, 1.54) is 11.3 Å². The predicted octanol–water partition coefficient (Wildman–Crippen LogP) is 3.63. The summed E-state index contributed by atoms with van der Waals surface area (Å²) in [5, 5.41) is 15.0. The molecule has 1 heterocycles. The first-order valence-corrected chi connectivity index (χ1v) is 8.26. The van der Waals surface area contributed by atoms with Gasteiger partial charge >= 0.3 is 0 Å². The molecule has 1 aromatic carbocycles. The lowest BCUT2D eigenvalue weighted by molar-refractivity contribution is 0.305. The van der Waals surface area contributed by atoms with Gasteiger partial charge in [-0.2, -0.15) is 10.4 Å². The van der Waals surface area contributed by atoms with E-state index in [1.54, 1.807) is 11.6 Å². The number of ether oxygens (including phenoxy) is 1. The van der Waals surface area contributed by atoms with Crippen molar-refractivity contribution < 1.29 is 4.74 Å². The van der Waals surface area contributed by atoms with Crippen LogP contribution in [-0.4, -0.2) is 17.8 Å². The third-order valence-electron chi connectivity index (χ3n) is 2.96. The van der Waals surface area contributed by atoms with Gasteiger partial charge in [-0.25, -0.2) is 4.98 Å². The second-order valence-electron chi connectivity index (χ2n) is 4.84. The van der Waals surface area contributed by atoms with E-state index in [0.717, 1.165) is 30.6 Å². The zero-order valence-corrected chi connectivity index (χ0v) is 13.6. The molecule has 0 radical (unpaired) electrons. The van der Waals surface area contributed by atoms with Gasteiger partial charge in [0.1, 0.15) is 11.6 Å². The molecule has 7 heteroatoms. The molecule has 1 aromatic heterocycles. The van der Waals surface area contributed by atoms with Crippen molar-refractivity contribution in [1.29, 1.82) is 5.26 Å². The second-order valence-corrected chi connectivity index (χ2v) is 5.70. The number of nitriles is 1. The molecule has 0 amide bonds. The van der Waals surface area contributed by atoms with E-state index in [2.05, 4.69) is 21.6 Å². The Balaban J connectivity index is 1.76. The molecule has 0 atom stereocenters. The monoisotopic (exact) mass is 329 g/mol. The van der Waals surface area contributed by atoms with Gasteiger partial charge in [-0.3, -0.25) is 5.43 Å². The third kappa shape index (κ3) is 6.36. The Morgan fingerprint density at radius 3 is 3.09 bits per heavy atom. The van der Waals surface area contributed by atoms with Crippen molar-refractivity contribution in [2.45, 2.75) is 25.7 Å². The molecule has 0 aliphatic carbocycles. The van der Waals surface area contributed by atoms with Gasteiger partial charge in [0.2, 0.25) is 5.13 Å². The minimum absolute atomic E-state index is 0.484. The summed E-state index contributed by atoms with van der Waals surface area (Å²) in [6.07, 6.45) is 5.21. The first-order chi connectivity index (χ1) is 11.3. The summed E-state index contributed by atoms with van der Waals surface area (Å²) in [6, 6.07) is 9.86. The smallest absolute Gasteiger partial charge is 0.205 e. The maximum Gasteiger partial charge on any atom is 0.205 e. The van der Waals surface area contributed by atoms with Crippen molar-refractivity contribution in [2.24, 2.45) is 5.10 Å². The molecule has 0 fully saturated rings. The van der Waals surface area contributed by atoms with Crippen LogP contribution < -0.4 is 15.9 Å². The van der Waals surface area contributed by atoms with Crippen LogP contribution in [0.5, 0.6) is 5.75 Å². The van der Waals surface area contributed by atoms with E-state index in [1.807, 2.05) is 24.3 Å². The number of rotatable bonds is 9. The highest BCUT2D eigenvalue weighted by Crippen LogP contribution is 2.16. The molecular weight excluding hydrogens is 310 g/mol. The number of nitrogens with zero attached hydrogens (tertiary/aromatic N) is 3. The minimum atomic E-state index is 0.484. The molecule has 23 heavy (non-hydrogen) atoms. The average Bonchev–Trinajstić information content (AvgIpc) is 2.97. The van der Waals surface area contributed by atoms with Gasteiger partial charge in [0.05, 0.1) is 18.9 Å². The fourth-order valence-corrected chi connectivity index (χ4v) is 2.41. The van der Waals surface area contributed by atoms with Crippen LogP contribution in [0.4, 0.5) is 10.9 Å². The van der Waals surface area contributed by atoms with Crippen LogP contribution in [0, 0.1) is 11.3 Å². The normalized spacial score (nSPS) is 10.6. The summed E-state index contributed by atoms with van der Waals surface area (Å²) in [6.45, 7) is 0.655. The van der Waals surface area contributed by atoms with Gasteiger partial charge in [0, 0.05) is 11.8 Å². The topological polar surface area (TPSA) is 96.3 Å². The van der Waals surface area contributed by atoms with Gasteiger partial charge in [0.25, 0.3) is 0 Å². The van der Waals surface area contributed by atoms with Crippen molar-refractivity contribution >= 4 is 28.5 Å². The fraction of sp³-hybridized carbons (Fsp3) is 0.312. The Morgan fingerprint density at radius 1 is 1.39 bits per heavy atom. The quantitative estimate of drug-likeness (QED) is 0.416. The van der Waals surface area contributed by atoms with Gasteiger partial charge < -0.3 is 10.5 Å². The van der Waals surface area contributed by atoms with Gasteiger partial charge in [0.15, 0.2) is 0 Å². The number of aromatic nitrogens is 1. The fourth-order valence-electron chi connectivity index (χ4n) is 1.86. The van der Waals surface area contributed by atoms with Crippen molar-refractivity contribution in [3.05, 3.63) is 35.2 Å². The summed E-state index contributed by atoms with van der Waals surface area (Å²) in [5.41, 5.74) is 9.31. The number of benzene rings is 1. The highest BCUT2D eigenvalue weighted by atomic mass is 32.1. The molecule has 0 saturated carbocycles. The first kappa shape index (κ1) is 16.8. The van der Waals surface area contributed by atoms with Crippen molar-refractivity contribution in [1.82, 2.24) is 4.98 Å². The maximum absolute atomic E-state index is 8.47. The molecule has 0 aliphatic rings. The first-order valence-electron chi connectivity index (χ1n) is 7.38. The number of nitrogens with two attached hydrogens (primary N) is 1. The lowest BCUT2D eigenvalue weighted by Gasteiger charge is -2.06. The molecule has 2 aromatic rings. The summed E-state index contributed by atoms with van der Waals surface area (Å²) in [7, 11) is 0. The lowest BCUT2D eigenvalue weighted by Crippen LogP contribution is -1.98. The number of thiazole rings is 1. The van der Waals surface area contributed by atoms with Crippen LogP contribution in [0.15, 0.2) is 34.7 Å². The highest BCUT2D eigenvalue weighted by molar-refractivity contribution is 7.14. The largest absolute Gasteiger partial charge is 0.494 e. The predicted molar refractivity (Wildman–Crippen MR) is 93.8 cm³/mol. The van der Waals surface area contributed by atoms with Crippen molar-refractivity contribution in [3.63, 3.8) is 0 Å². The molecule has 6 nitrogen and oxygen atoms in total. The molecule has 0 spiro atoms. The number of unbranched alkanes of at least 4 members (excludes halogenated alkanes) is 3. The van der Waals surface area contributed by atoms with E-state index in [-0.39, 0.29) is 0 Å². The highest BCUT2D eigenvalue weighted by Gasteiger charge is 1.97. The van der Waals surface area contributed by atoms with Crippen LogP contribution in [0.2, 0.25) is 0 Å². The Hall–Kier alpha value is -2.59. The summed E-state index contributed by atoms with van der Waals surface area (Å²) in [4.78, 5) is 4.06. The molecular formula is C16H19N5OS. The van der Waals surface area contributed by atoms with E-state index in [0.29, 0.717) is 24.0 Å². The molecule has 2 rings (SSSR count). The SMILES string of the molecule is N#CCCCCCOc1cccc(C=NNc2nc(N)cs2)c1. The van der Waals surface area contributed by atoms with E-state index >= 15 is 0 Å². The van der Waals surface area contributed by atoms with E-state index in [9.17, 15) is 0 Å². The maximum atomic E-state index is 8.47. The number of hydrogen-bond acceptors (Lipinski definition) is 7. The zero-order chi connectivity index (χ0) is 16.3. The summed E-state index contributed by atoms with van der Waals surface area (Å²) in [5.74, 6) is 1.30. The van der Waals surface area contributed by atoms with Crippen LogP contribution >= 0.6 is 11.3 Å². The number of anilines is 2. The molecule has 120 valence electrons. The number of hydrazone groups is 1. The number of hydrogen-bond donors (Lipinski definition) is 2. The zero-order valence-electron chi connectivity index (χ0n) is 12.7. The van der Waals surface area contributed by atoms with Crippen molar-refractivity contribution in [3.8, 4) is 11.8 Å². The summed E-state index contributed by atoms with van der Waals surface area (Å²) < 4.78 is 5.70. The van der Waals surface area contributed by atoms with E-state index < -0.39 is 0 Å². The van der Waals surface area contributed by atoms with Crippen LogP contribution in [-0.2, 0) is 0 Å². The number of nitrogen functional groups attached to an aromatic ring is 1. The lowest BCUT2D eigenvalue weighted by atomic mass is 10.2. The van der Waals surface area contributed by atoms with Crippen LogP contribution in [0.1, 0.15) is 31.2 Å². The Morgan fingerprint density at radius 2 is 2.30 bits per heavy atom. The van der Waals surface area contributed by atoms with Gasteiger partial charge in [-0.15, -0.1) is 11.3 Å². The molecule has 0 unspecified atom stereocenters. The van der Waals surface area contributed by atoms with Crippen LogP contribution in [0.25, 0.3) is 0 Å². The Labute approximate surface area is 139 Å². The van der Waals surface area contributed by atoms with Gasteiger partial charge in [-0.1, -0.05) is 12.1 Å². The molecule has 3 N–H and O–H groups in total. The Bertz CT molecular complexity index is 677. The standard InChI is InChI=1S/C16H19N5OS/c17-8-3-1-2-4-9-22-14-7-5-6-13(10-14)11-19-21-16-20-15(18)12-23-16/h5-7,10-12H,1-4,9,18H2,(H,20,21). The molecule has 0 bridgehead atoms. The summed E-state index contributed by atoms with van der Waals surface area (Å²) >= 11 is 1.40. The Kier molecular flexibility index (Phi) is 6.88. The third-order valence-corrected chi connectivity index (χ3v) is 3.72. The number of nitrogens with one attached hydrogen (secondary N) is 1. The second kappa shape index (κ2) is 9.43. The molecule has 0 aliphatic heterocycles. The van der Waals surface area contributed by atoms with E-state index in [4.69, 9.17) is 15.7 Å². The molecule has 0 saturated heterocycles.